The Labute approximate surface area is 108 Å². The zero-order valence-electron chi connectivity index (χ0n) is 11.1. The van der Waals surface area contributed by atoms with E-state index in [1.54, 1.807) is 0 Å². The molecule has 98 valence electrons. The van der Waals surface area contributed by atoms with Gasteiger partial charge in [0.15, 0.2) is 0 Å². The van der Waals surface area contributed by atoms with Gasteiger partial charge in [-0.1, -0.05) is 23.8 Å². The molecule has 2 unspecified atom stereocenters. The minimum atomic E-state index is -0.697. The topological polar surface area (TPSA) is 49.3 Å². The van der Waals surface area contributed by atoms with Crippen LogP contribution in [0, 0.1) is 19.8 Å². The number of carboxylic acid groups (broad SMARTS) is 1. The number of carboxylic acids is 1. The van der Waals surface area contributed by atoms with Gasteiger partial charge in [-0.3, -0.25) is 4.79 Å². The van der Waals surface area contributed by atoms with E-state index >= 15 is 0 Å². The van der Waals surface area contributed by atoms with Gasteiger partial charge < -0.3 is 10.4 Å². The SMILES string of the molecule is Cc1ccc(C)c(C(C(=O)O)C2CCCNC2)c1. The Kier molecular flexibility index (Phi) is 4.02. The predicted molar refractivity (Wildman–Crippen MR) is 71.9 cm³/mol. The Morgan fingerprint density at radius 2 is 2.22 bits per heavy atom. The lowest BCUT2D eigenvalue weighted by Gasteiger charge is -2.29. The molecule has 1 heterocycles. The molecule has 0 saturated carbocycles. The minimum absolute atomic E-state index is 0.205. The molecule has 3 heteroatoms. The van der Waals surface area contributed by atoms with Crippen LogP contribution in [0.5, 0.6) is 0 Å². The maximum absolute atomic E-state index is 11.6. The van der Waals surface area contributed by atoms with Crippen LogP contribution in [0.2, 0.25) is 0 Å². The van der Waals surface area contributed by atoms with E-state index in [0.717, 1.165) is 42.6 Å². The Hall–Kier alpha value is -1.35. The first-order valence-electron chi connectivity index (χ1n) is 6.60. The Morgan fingerprint density at radius 3 is 2.83 bits per heavy atom. The second kappa shape index (κ2) is 5.53. The lowest BCUT2D eigenvalue weighted by atomic mass is 9.79. The summed E-state index contributed by atoms with van der Waals surface area (Å²) in [6.07, 6.45) is 2.07. The van der Waals surface area contributed by atoms with E-state index in [0.29, 0.717) is 0 Å². The maximum atomic E-state index is 11.6. The van der Waals surface area contributed by atoms with Gasteiger partial charge in [0.25, 0.3) is 0 Å². The lowest BCUT2D eigenvalue weighted by molar-refractivity contribution is -0.140. The molecular weight excluding hydrogens is 226 g/mol. The van der Waals surface area contributed by atoms with E-state index in [9.17, 15) is 9.90 Å². The molecule has 0 radical (unpaired) electrons. The highest BCUT2D eigenvalue weighted by atomic mass is 16.4. The van der Waals surface area contributed by atoms with Crippen molar-refractivity contribution in [2.75, 3.05) is 13.1 Å². The van der Waals surface area contributed by atoms with Gasteiger partial charge >= 0.3 is 5.97 Å². The van der Waals surface area contributed by atoms with Crippen LogP contribution in [0.1, 0.15) is 35.4 Å². The van der Waals surface area contributed by atoms with Gasteiger partial charge in [0.2, 0.25) is 0 Å². The van der Waals surface area contributed by atoms with Crippen LogP contribution in [0.25, 0.3) is 0 Å². The number of aryl methyl sites for hydroxylation is 2. The molecule has 2 N–H and O–H groups in total. The molecule has 1 saturated heterocycles. The van der Waals surface area contributed by atoms with Gasteiger partial charge in [-0.15, -0.1) is 0 Å². The van der Waals surface area contributed by atoms with E-state index in [1.807, 2.05) is 32.0 Å². The fourth-order valence-corrected chi connectivity index (χ4v) is 2.85. The molecule has 2 rings (SSSR count). The predicted octanol–water partition coefficient (Wildman–Crippen LogP) is 2.47. The first kappa shape index (κ1) is 13.1. The van der Waals surface area contributed by atoms with Crippen molar-refractivity contribution in [2.45, 2.75) is 32.6 Å². The molecule has 1 aliphatic heterocycles. The fourth-order valence-electron chi connectivity index (χ4n) is 2.85. The summed E-state index contributed by atoms with van der Waals surface area (Å²) in [5, 5.41) is 12.9. The van der Waals surface area contributed by atoms with Crippen LogP contribution in [0.15, 0.2) is 18.2 Å². The molecule has 0 amide bonds. The number of hydrogen-bond donors (Lipinski definition) is 2. The smallest absolute Gasteiger partial charge is 0.311 e. The van der Waals surface area contributed by atoms with Crippen LogP contribution in [-0.2, 0) is 4.79 Å². The number of benzene rings is 1. The summed E-state index contributed by atoms with van der Waals surface area (Å²) in [6.45, 7) is 5.84. The second-order valence-corrected chi connectivity index (χ2v) is 5.28. The highest BCUT2D eigenvalue weighted by molar-refractivity contribution is 5.77. The van der Waals surface area contributed by atoms with Gasteiger partial charge in [-0.2, -0.15) is 0 Å². The molecule has 0 spiro atoms. The van der Waals surface area contributed by atoms with Crippen LogP contribution in [-0.4, -0.2) is 24.2 Å². The molecule has 2 atom stereocenters. The molecule has 1 aromatic carbocycles. The van der Waals surface area contributed by atoms with Crippen molar-refractivity contribution in [2.24, 2.45) is 5.92 Å². The van der Waals surface area contributed by atoms with Gasteiger partial charge in [-0.05, 0) is 56.8 Å². The normalized spacial score (nSPS) is 21.6. The molecule has 1 aromatic rings. The fraction of sp³-hybridized carbons (Fsp3) is 0.533. The summed E-state index contributed by atoms with van der Waals surface area (Å²) >= 11 is 0. The van der Waals surface area contributed by atoms with Gasteiger partial charge in [0.05, 0.1) is 5.92 Å². The van der Waals surface area contributed by atoms with Crippen molar-refractivity contribution in [3.63, 3.8) is 0 Å². The number of aliphatic carboxylic acids is 1. The molecular formula is C15H21NO2. The largest absolute Gasteiger partial charge is 0.481 e. The zero-order chi connectivity index (χ0) is 13.1. The molecule has 1 fully saturated rings. The third kappa shape index (κ3) is 2.72. The number of nitrogens with one attached hydrogen (secondary N) is 1. The second-order valence-electron chi connectivity index (χ2n) is 5.28. The number of carbonyl (C=O) groups is 1. The first-order chi connectivity index (χ1) is 8.59. The maximum Gasteiger partial charge on any atom is 0.311 e. The number of hydrogen-bond acceptors (Lipinski definition) is 2. The molecule has 3 nitrogen and oxygen atoms in total. The highest BCUT2D eigenvalue weighted by Gasteiger charge is 2.31. The quantitative estimate of drug-likeness (QED) is 0.862. The summed E-state index contributed by atoms with van der Waals surface area (Å²) in [4.78, 5) is 11.6. The lowest BCUT2D eigenvalue weighted by Crippen LogP contribution is -2.36. The average Bonchev–Trinajstić information content (AvgIpc) is 2.35. The number of piperidine rings is 1. The molecule has 18 heavy (non-hydrogen) atoms. The molecule has 0 bridgehead atoms. The van der Waals surface area contributed by atoms with Crippen LogP contribution in [0.4, 0.5) is 0 Å². The number of rotatable bonds is 3. The summed E-state index contributed by atoms with van der Waals surface area (Å²) < 4.78 is 0. The summed E-state index contributed by atoms with van der Waals surface area (Å²) in [6, 6.07) is 6.09. The van der Waals surface area contributed by atoms with Crippen LogP contribution in [0.3, 0.4) is 0 Å². The molecule has 1 aliphatic rings. The van der Waals surface area contributed by atoms with Gasteiger partial charge in [0.1, 0.15) is 0 Å². The van der Waals surface area contributed by atoms with E-state index in [-0.39, 0.29) is 11.8 Å². The summed E-state index contributed by atoms with van der Waals surface area (Å²) in [5.41, 5.74) is 3.19. The van der Waals surface area contributed by atoms with Crippen molar-refractivity contribution < 1.29 is 9.90 Å². The molecule has 0 aromatic heterocycles. The minimum Gasteiger partial charge on any atom is -0.481 e. The third-order valence-electron chi connectivity index (χ3n) is 3.84. The highest BCUT2D eigenvalue weighted by Crippen LogP contribution is 2.32. The van der Waals surface area contributed by atoms with Crippen molar-refractivity contribution in [1.82, 2.24) is 5.32 Å². The Morgan fingerprint density at radius 1 is 1.44 bits per heavy atom. The zero-order valence-corrected chi connectivity index (χ0v) is 11.1. The third-order valence-corrected chi connectivity index (χ3v) is 3.84. The van der Waals surface area contributed by atoms with Crippen molar-refractivity contribution in [1.29, 1.82) is 0 Å². The van der Waals surface area contributed by atoms with Crippen molar-refractivity contribution in [3.05, 3.63) is 34.9 Å². The molecule has 0 aliphatic carbocycles. The van der Waals surface area contributed by atoms with Gasteiger partial charge in [0, 0.05) is 0 Å². The van der Waals surface area contributed by atoms with Crippen LogP contribution >= 0.6 is 0 Å². The monoisotopic (exact) mass is 247 g/mol. The Balaban J connectivity index is 2.34. The van der Waals surface area contributed by atoms with E-state index in [1.165, 1.54) is 0 Å². The van der Waals surface area contributed by atoms with E-state index in [4.69, 9.17) is 0 Å². The first-order valence-corrected chi connectivity index (χ1v) is 6.60. The van der Waals surface area contributed by atoms with Crippen LogP contribution < -0.4 is 5.32 Å². The Bertz CT molecular complexity index is 436. The van der Waals surface area contributed by atoms with E-state index in [2.05, 4.69) is 5.32 Å². The van der Waals surface area contributed by atoms with Crippen molar-refractivity contribution in [3.8, 4) is 0 Å². The summed E-state index contributed by atoms with van der Waals surface area (Å²) in [5.74, 6) is -0.869. The summed E-state index contributed by atoms with van der Waals surface area (Å²) in [7, 11) is 0. The van der Waals surface area contributed by atoms with E-state index < -0.39 is 5.97 Å². The van der Waals surface area contributed by atoms with Crippen molar-refractivity contribution >= 4 is 5.97 Å². The van der Waals surface area contributed by atoms with Gasteiger partial charge in [-0.25, -0.2) is 0 Å². The average molecular weight is 247 g/mol. The standard InChI is InChI=1S/C15H21NO2/c1-10-5-6-11(2)13(8-10)14(15(17)18)12-4-3-7-16-9-12/h5-6,8,12,14,16H,3-4,7,9H2,1-2H3,(H,17,18).